The Morgan fingerprint density at radius 1 is 1.00 bits per heavy atom. The Hall–Kier alpha value is -1.02. The van der Waals surface area contributed by atoms with Gasteiger partial charge in [-0.2, -0.15) is 0 Å². The lowest BCUT2D eigenvalue weighted by Gasteiger charge is -2.25. The van der Waals surface area contributed by atoms with Gasteiger partial charge >= 0.3 is 0 Å². The minimum absolute atomic E-state index is 1.09. The zero-order chi connectivity index (χ0) is 13.9. The molecule has 0 fully saturated rings. The van der Waals surface area contributed by atoms with Gasteiger partial charge in [0, 0.05) is 18.8 Å². The topological polar surface area (TPSA) is 15.3 Å². The van der Waals surface area contributed by atoms with E-state index in [4.69, 9.17) is 0 Å². The van der Waals surface area contributed by atoms with Crippen LogP contribution in [0.15, 0.2) is 24.3 Å². The molecule has 0 heterocycles. The zero-order valence-electron chi connectivity index (χ0n) is 12.9. The maximum atomic E-state index is 3.38. The van der Waals surface area contributed by atoms with Crippen LogP contribution in [-0.2, 0) is 0 Å². The molecule has 0 aliphatic rings. The predicted octanol–water partition coefficient (Wildman–Crippen LogP) is 3.99. The average molecular weight is 262 g/mol. The van der Waals surface area contributed by atoms with Crippen LogP contribution in [0.3, 0.4) is 0 Å². The lowest BCUT2D eigenvalue weighted by Crippen LogP contribution is -2.24. The Morgan fingerprint density at radius 3 is 2.42 bits per heavy atom. The maximum absolute atomic E-state index is 3.38. The van der Waals surface area contributed by atoms with E-state index >= 15 is 0 Å². The summed E-state index contributed by atoms with van der Waals surface area (Å²) in [6.45, 7) is 11.2. The number of benzene rings is 1. The van der Waals surface area contributed by atoms with E-state index in [2.05, 4.69) is 55.3 Å². The Balaban J connectivity index is 2.24. The summed E-state index contributed by atoms with van der Waals surface area (Å²) in [6.07, 6.45) is 5.30. The van der Waals surface area contributed by atoms with Crippen molar-refractivity contribution in [2.75, 3.05) is 31.1 Å². The van der Waals surface area contributed by atoms with Crippen molar-refractivity contribution < 1.29 is 0 Å². The maximum Gasteiger partial charge on any atom is 0.0395 e. The number of aryl methyl sites for hydroxylation is 1. The third kappa shape index (κ3) is 6.11. The van der Waals surface area contributed by atoms with Gasteiger partial charge < -0.3 is 10.2 Å². The molecular formula is C17H30N2. The van der Waals surface area contributed by atoms with Gasteiger partial charge in [0.1, 0.15) is 0 Å². The number of rotatable bonds is 10. The van der Waals surface area contributed by atoms with Gasteiger partial charge in [-0.3, -0.25) is 0 Å². The molecule has 1 N–H and O–H groups in total. The number of hydrogen-bond donors (Lipinski definition) is 1. The van der Waals surface area contributed by atoms with Crippen molar-refractivity contribution in [3.8, 4) is 0 Å². The van der Waals surface area contributed by atoms with Crippen LogP contribution in [0.5, 0.6) is 0 Å². The van der Waals surface area contributed by atoms with E-state index in [0.29, 0.717) is 0 Å². The molecule has 0 aliphatic carbocycles. The van der Waals surface area contributed by atoms with Crippen LogP contribution in [0.4, 0.5) is 5.69 Å². The van der Waals surface area contributed by atoms with Crippen LogP contribution in [0.2, 0.25) is 0 Å². The second-order valence-corrected chi connectivity index (χ2v) is 5.13. The molecule has 0 saturated heterocycles. The second kappa shape index (κ2) is 9.85. The molecule has 1 rings (SSSR count). The summed E-state index contributed by atoms with van der Waals surface area (Å²) >= 11 is 0. The highest BCUT2D eigenvalue weighted by molar-refractivity contribution is 5.52. The minimum Gasteiger partial charge on any atom is -0.372 e. The second-order valence-electron chi connectivity index (χ2n) is 5.13. The van der Waals surface area contributed by atoms with Gasteiger partial charge in [0.05, 0.1) is 0 Å². The van der Waals surface area contributed by atoms with Gasteiger partial charge in [0.2, 0.25) is 0 Å². The van der Waals surface area contributed by atoms with E-state index in [-0.39, 0.29) is 0 Å². The average Bonchev–Trinajstić information content (AvgIpc) is 2.43. The number of anilines is 1. The molecule has 0 aliphatic heterocycles. The Labute approximate surface area is 119 Å². The molecule has 1 aromatic carbocycles. The van der Waals surface area contributed by atoms with E-state index in [1.54, 1.807) is 0 Å². The molecule has 108 valence electrons. The summed E-state index contributed by atoms with van der Waals surface area (Å²) in [4.78, 5) is 2.50. The van der Waals surface area contributed by atoms with Crippen molar-refractivity contribution in [2.45, 2.75) is 46.5 Å². The summed E-state index contributed by atoms with van der Waals surface area (Å²) in [7, 11) is 0. The van der Waals surface area contributed by atoms with E-state index < -0.39 is 0 Å². The fraction of sp³-hybridized carbons (Fsp3) is 0.647. The minimum atomic E-state index is 1.09. The highest BCUT2D eigenvalue weighted by atomic mass is 15.1. The van der Waals surface area contributed by atoms with Crippen LogP contribution in [0, 0.1) is 6.92 Å². The fourth-order valence-corrected chi connectivity index (χ4v) is 2.45. The predicted molar refractivity (Wildman–Crippen MR) is 86.1 cm³/mol. The fourth-order valence-electron chi connectivity index (χ4n) is 2.45. The third-order valence-electron chi connectivity index (χ3n) is 3.62. The molecular weight excluding hydrogens is 232 g/mol. The zero-order valence-corrected chi connectivity index (χ0v) is 12.9. The Bertz CT molecular complexity index is 336. The first-order valence-electron chi connectivity index (χ1n) is 7.80. The largest absolute Gasteiger partial charge is 0.372 e. The molecule has 0 radical (unpaired) electrons. The monoisotopic (exact) mass is 262 g/mol. The van der Waals surface area contributed by atoms with Crippen molar-refractivity contribution in [1.82, 2.24) is 5.32 Å². The van der Waals surface area contributed by atoms with Crippen LogP contribution in [0.25, 0.3) is 0 Å². The van der Waals surface area contributed by atoms with Crippen LogP contribution in [0.1, 0.15) is 45.1 Å². The smallest absolute Gasteiger partial charge is 0.0395 e. The number of nitrogens with one attached hydrogen (secondary N) is 1. The molecule has 1 aromatic rings. The number of unbranched alkanes of at least 4 members (excludes halogenated alkanes) is 3. The Kier molecular flexibility index (Phi) is 8.31. The SMILES string of the molecule is CCNCCCCCCN(CC)c1ccccc1C. The van der Waals surface area contributed by atoms with E-state index in [9.17, 15) is 0 Å². The summed E-state index contributed by atoms with van der Waals surface area (Å²) in [6, 6.07) is 8.70. The van der Waals surface area contributed by atoms with E-state index in [1.807, 2.05) is 0 Å². The van der Waals surface area contributed by atoms with Gasteiger partial charge in [-0.1, -0.05) is 38.0 Å². The highest BCUT2D eigenvalue weighted by Gasteiger charge is 2.05. The van der Waals surface area contributed by atoms with Gasteiger partial charge in [-0.15, -0.1) is 0 Å². The Morgan fingerprint density at radius 2 is 1.74 bits per heavy atom. The van der Waals surface area contributed by atoms with Crippen LogP contribution >= 0.6 is 0 Å². The standard InChI is InChI=1S/C17H30N2/c1-4-18-14-10-6-7-11-15-19(5-2)17-13-9-8-12-16(17)3/h8-9,12-13,18H,4-7,10-11,14-15H2,1-3H3. The number of hydrogen-bond acceptors (Lipinski definition) is 2. The molecule has 0 spiro atoms. The van der Waals surface area contributed by atoms with Gasteiger partial charge in [0.15, 0.2) is 0 Å². The lowest BCUT2D eigenvalue weighted by molar-refractivity contribution is 0.593. The summed E-state index contributed by atoms with van der Waals surface area (Å²) < 4.78 is 0. The number of nitrogens with zero attached hydrogens (tertiary/aromatic N) is 1. The molecule has 0 atom stereocenters. The first-order valence-corrected chi connectivity index (χ1v) is 7.80. The third-order valence-corrected chi connectivity index (χ3v) is 3.62. The van der Waals surface area contributed by atoms with Crippen molar-refractivity contribution in [3.63, 3.8) is 0 Å². The van der Waals surface area contributed by atoms with Gasteiger partial charge in [0.25, 0.3) is 0 Å². The summed E-state index contributed by atoms with van der Waals surface area (Å²) in [5.41, 5.74) is 2.79. The molecule has 0 bridgehead atoms. The normalized spacial score (nSPS) is 10.7. The molecule has 19 heavy (non-hydrogen) atoms. The van der Waals surface area contributed by atoms with Crippen LogP contribution in [-0.4, -0.2) is 26.2 Å². The molecule has 2 nitrogen and oxygen atoms in total. The first kappa shape index (κ1) is 16.0. The molecule has 0 aromatic heterocycles. The van der Waals surface area contributed by atoms with E-state index in [1.165, 1.54) is 50.0 Å². The molecule has 2 heteroatoms. The van der Waals surface area contributed by atoms with Crippen molar-refractivity contribution >= 4 is 5.69 Å². The summed E-state index contributed by atoms with van der Waals surface area (Å²) in [5, 5.41) is 3.38. The quantitative estimate of drug-likeness (QED) is 0.641. The molecule has 0 amide bonds. The van der Waals surface area contributed by atoms with Crippen LogP contribution < -0.4 is 10.2 Å². The van der Waals surface area contributed by atoms with Gasteiger partial charge in [-0.25, -0.2) is 0 Å². The number of para-hydroxylation sites is 1. The van der Waals surface area contributed by atoms with Crippen molar-refractivity contribution in [3.05, 3.63) is 29.8 Å². The molecule has 0 unspecified atom stereocenters. The van der Waals surface area contributed by atoms with Gasteiger partial charge in [-0.05, 0) is 51.4 Å². The lowest BCUT2D eigenvalue weighted by atomic mass is 10.1. The first-order chi connectivity index (χ1) is 9.29. The highest BCUT2D eigenvalue weighted by Crippen LogP contribution is 2.19. The van der Waals surface area contributed by atoms with Crippen molar-refractivity contribution in [2.24, 2.45) is 0 Å². The molecule has 0 saturated carbocycles. The van der Waals surface area contributed by atoms with Crippen molar-refractivity contribution in [1.29, 1.82) is 0 Å². The summed E-state index contributed by atoms with van der Waals surface area (Å²) in [5.74, 6) is 0. The van der Waals surface area contributed by atoms with E-state index in [0.717, 1.165) is 13.1 Å².